The first-order valence-electron chi connectivity index (χ1n) is 9.95. The van der Waals surface area contributed by atoms with Crippen LogP contribution in [0.5, 0.6) is 5.75 Å². The lowest BCUT2D eigenvalue weighted by molar-refractivity contribution is -0.00881. The lowest BCUT2D eigenvalue weighted by Gasteiger charge is -2.44. The van der Waals surface area contributed by atoms with Gasteiger partial charge in [0.05, 0.1) is 6.10 Å². The highest BCUT2D eigenvalue weighted by atomic mass is 16.5. The molecule has 1 aromatic carbocycles. The molecule has 0 radical (unpaired) electrons. The van der Waals surface area contributed by atoms with Gasteiger partial charge in [-0.05, 0) is 68.2 Å². The van der Waals surface area contributed by atoms with Crippen molar-refractivity contribution in [2.45, 2.75) is 52.6 Å². The summed E-state index contributed by atoms with van der Waals surface area (Å²) in [5.74, 6) is 1.01. The predicted octanol–water partition coefficient (Wildman–Crippen LogP) is 5.25. The summed E-state index contributed by atoms with van der Waals surface area (Å²) < 4.78 is 11.0. The highest BCUT2D eigenvalue weighted by Crippen LogP contribution is 2.45. The van der Waals surface area contributed by atoms with Gasteiger partial charge in [-0.3, -0.25) is 0 Å². The summed E-state index contributed by atoms with van der Waals surface area (Å²) in [5.41, 5.74) is 2.56. The van der Waals surface area contributed by atoms with Crippen LogP contribution in [0.3, 0.4) is 0 Å². The van der Waals surface area contributed by atoms with Crippen molar-refractivity contribution in [3.63, 3.8) is 0 Å². The van der Waals surface area contributed by atoms with Gasteiger partial charge >= 0.3 is 5.63 Å². The van der Waals surface area contributed by atoms with Gasteiger partial charge in [-0.15, -0.1) is 0 Å². The Morgan fingerprint density at radius 3 is 2.89 bits per heavy atom. The zero-order chi connectivity index (χ0) is 20.3. The van der Waals surface area contributed by atoms with Gasteiger partial charge in [0.15, 0.2) is 0 Å². The fourth-order valence-corrected chi connectivity index (χ4v) is 4.09. The lowest BCUT2D eigenvalue weighted by Crippen LogP contribution is -2.41. The molecule has 0 aliphatic heterocycles. The molecule has 1 aliphatic carbocycles. The van der Waals surface area contributed by atoms with Gasteiger partial charge in [0.2, 0.25) is 0 Å². The maximum atomic E-state index is 11.4. The number of aliphatic hydroxyl groups is 1. The summed E-state index contributed by atoms with van der Waals surface area (Å²) in [7, 11) is 0. The molecule has 1 fully saturated rings. The molecule has 2 atom stereocenters. The summed E-state index contributed by atoms with van der Waals surface area (Å²) in [6.07, 6.45) is 5.50. The van der Waals surface area contributed by atoms with Crippen LogP contribution in [-0.2, 0) is 0 Å². The van der Waals surface area contributed by atoms with Crippen LogP contribution in [0, 0.1) is 11.3 Å². The van der Waals surface area contributed by atoms with E-state index in [2.05, 4.69) is 33.4 Å². The molecule has 1 aliphatic rings. The van der Waals surface area contributed by atoms with Crippen LogP contribution >= 0.6 is 0 Å². The Hall–Kier alpha value is -2.33. The standard InChI is InChI=1S/C24H30O4/c1-16(5-10-20-17(2)6-11-22(25)24(20,3)4)13-14-27-19-9-7-18-8-12-23(26)28-21(18)15-19/h7-9,12-13,15,20,22,25H,2,5-6,10-11,14H2,1,3-4H3/b16-13-/t20-,22+/m1/s1. The van der Waals surface area contributed by atoms with Crippen molar-refractivity contribution in [1.82, 2.24) is 0 Å². The Bertz CT molecular complexity index is 935. The lowest BCUT2D eigenvalue weighted by atomic mass is 9.63. The fourth-order valence-electron chi connectivity index (χ4n) is 4.09. The van der Waals surface area contributed by atoms with Crippen LogP contribution in [-0.4, -0.2) is 17.8 Å². The minimum absolute atomic E-state index is 0.124. The summed E-state index contributed by atoms with van der Waals surface area (Å²) in [6.45, 7) is 11.1. The molecular weight excluding hydrogens is 352 g/mol. The SMILES string of the molecule is C=C1CC[C@H](O)C(C)(C)[C@@H]1CC/C(C)=C\COc1ccc2ccc(=O)oc2c1. The van der Waals surface area contributed by atoms with Crippen molar-refractivity contribution < 1.29 is 14.3 Å². The number of allylic oxidation sites excluding steroid dienone is 2. The van der Waals surface area contributed by atoms with Gasteiger partial charge in [0, 0.05) is 17.5 Å². The predicted molar refractivity (Wildman–Crippen MR) is 113 cm³/mol. The molecule has 0 unspecified atom stereocenters. The monoisotopic (exact) mass is 382 g/mol. The van der Waals surface area contributed by atoms with E-state index >= 15 is 0 Å². The van der Waals surface area contributed by atoms with E-state index < -0.39 is 0 Å². The minimum Gasteiger partial charge on any atom is -0.489 e. The molecule has 0 saturated heterocycles. The first-order valence-corrected chi connectivity index (χ1v) is 9.95. The average Bonchev–Trinajstić information content (AvgIpc) is 2.64. The van der Waals surface area contributed by atoms with Gasteiger partial charge < -0.3 is 14.3 Å². The maximum absolute atomic E-state index is 11.4. The van der Waals surface area contributed by atoms with E-state index in [-0.39, 0.29) is 17.1 Å². The number of benzene rings is 1. The first kappa shape index (κ1) is 20.4. The molecule has 1 saturated carbocycles. The van der Waals surface area contributed by atoms with Crippen molar-refractivity contribution in [3.8, 4) is 5.75 Å². The van der Waals surface area contributed by atoms with E-state index in [0.29, 0.717) is 23.9 Å². The minimum atomic E-state index is -0.363. The molecule has 0 bridgehead atoms. The third-order valence-electron chi connectivity index (χ3n) is 6.09. The van der Waals surface area contributed by atoms with Crippen LogP contribution in [0.25, 0.3) is 11.0 Å². The topological polar surface area (TPSA) is 59.7 Å². The zero-order valence-electron chi connectivity index (χ0n) is 17.0. The largest absolute Gasteiger partial charge is 0.489 e. The van der Waals surface area contributed by atoms with E-state index in [1.165, 1.54) is 17.2 Å². The number of hydrogen-bond acceptors (Lipinski definition) is 4. The molecule has 4 nitrogen and oxygen atoms in total. The van der Waals surface area contributed by atoms with Crippen LogP contribution in [0.2, 0.25) is 0 Å². The van der Waals surface area contributed by atoms with E-state index in [1.807, 2.05) is 12.1 Å². The fraction of sp³-hybridized carbons (Fsp3) is 0.458. The van der Waals surface area contributed by atoms with E-state index in [1.54, 1.807) is 12.1 Å². The third kappa shape index (κ3) is 4.56. The molecule has 2 aromatic rings. The highest BCUT2D eigenvalue weighted by Gasteiger charge is 2.40. The number of fused-ring (bicyclic) bond motifs is 1. The van der Waals surface area contributed by atoms with Crippen molar-refractivity contribution in [2.75, 3.05) is 6.61 Å². The van der Waals surface area contributed by atoms with E-state index in [4.69, 9.17) is 9.15 Å². The molecule has 150 valence electrons. The van der Waals surface area contributed by atoms with Crippen molar-refractivity contribution >= 4 is 11.0 Å². The Balaban J connectivity index is 1.56. The maximum Gasteiger partial charge on any atom is 0.336 e. The number of ether oxygens (including phenoxy) is 1. The van der Waals surface area contributed by atoms with E-state index in [9.17, 15) is 9.90 Å². The molecule has 0 spiro atoms. The summed E-state index contributed by atoms with van der Waals surface area (Å²) in [5, 5.41) is 11.2. The number of hydrogen-bond donors (Lipinski definition) is 1. The molecule has 0 amide bonds. The van der Waals surface area contributed by atoms with Gasteiger partial charge in [0.1, 0.15) is 17.9 Å². The molecular formula is C24H30O4. The van der Waals surface area contributed by atoms with Crippen molar-refractivity contribution in [1.29, 1.82) is 0 Å². The van der Waals surface area contributed by atoms with Gasteiger partial charge in [-0.25, -0.2) is 4.79 Å². The quantitative estimate of drug-likeness (QED) is 0.547. The highest BCUT2D eigenvalue weighted by molar-refractivity contribution is 5.77. The van der Waals surface area contributed by atoms with Gasteiger partial charge in [-0.2, -0.15) is 0 Å². The van der Waals surface area contributed by atoms with Crippen LogP contribution in [0.4, 0.5) is 0 Å². The molecule has 4 heteroatoms. The van der Waals surface area contributed by atoms with Crippen molar-refractivity contribution in [2.24, 2.45) is 11.3 Å². The van der Waals surface area contributed by atoms with Crippen molar-refractivity contribution in [3.05, 3.63) is 64.6 Å². The smallest absolute Gasteiger partial charge is 0.336 e. The van der Waals surface area contributed by atoms with Crippen LogP contribution in [0.15, 0.2) is 63.3 Å². The molecule has 1 N–H and O–H groups in total. The molecule has 28 heavy (non-hydrogen) atoms. The van der Waals surface area contributed by atoms with Gasteiger partial charge in [-0.1, -0.05) is 31.6 Å². The molecule has 1 aromatic heterocycles. The number of aliphatic hydroxyl groups excluding tert-OH is 1. The summed E-state index contributed by atoms with van der Waals surface area (Å²) in [6, 6.07) is 8.66. The van der Waals surface area contributed by atoms with E-state index in [0.717, 1.165) is 31.1 Å². The summed E-state index contributed by atoms with van der Waals surface area (Å²) in [4.78, 5) is 11.4. The normalized spacial score (nSPS) is 22.4. The summed E-state index contributed by atoms with van der Waals surface area (Å²) >= 11 is 0. The van der Waals surface area contributed by atoms with Crippen LogP contribution in [0.1, 0.15) is 46.5 Å². The second-order valence-electron chi connectivity index (χ2n) is 8.44. The molecule has 3 rings (SSSR count). The first-order chi connectivity index (χ1) is 13.3. The zero-order valence-corrected chi connectivity index (χ0v) is 17.0. The molecule has 1 heterocycles. The Morgan fingerprint density at radius 1 is 1.36 bits per heavy atom. The Morgan fingerprint density at radius 2 is 2.11 bits per heavy atom. The van der Waals surface area contributed by atoms with Gasteiger partial charge in [0.25, 0.3) is 0 Å². The second kappa shape index (κ2) is 8.36. The average molecular weight is 383 g/mol. The number of rotatable bonds is 6. The Labute approximate surface area is 166 Å². The Kier molecular flexibility index (Phi) is 6.09. The second-order valence-corrected chi connectivity index (χ2v) is 8.44. The third-order valence-corrected chi connectivity index (χ3v) is 6.09. The van der Waals surface area contributed by atoms with Crippen LogP contribution < -0.4 is 10.4 Å².